The summed E-state index contributed by atoms with van der Waals surface area (Å²) in [7, 11) is 4.55. The van der Waals surface area contributed by atoms with E-state index >= 15 is 0 Å². The molecule has 2 aromatic rings. The van der Waals surface area contributed by atoms with Gasteiger partial charge in [0.05, 0.1) is 21.3 Å². The number of ether oxygens (including phenoxy) is 4. The van der Waals surface area contributed by atoms with Gasteiger partial charge in [-0.05, 0) is 48.9 Å². The van der Waals surface area contributed by atoms with Gasteiger partial charge >= 0.3 is 5.97 Å². The fraction of sp³-hybridized carbons (Fsp3) is 0.261. The molecule has 2 aromatic carbocycles. The largest absolute Gasteiger partial charge is 0.493 e. The maximum absolute atomic E-state index is 12.4. The van der Waals surface area contributed by atoms with E-state index in [1.54, 1.807) is 35.2 Å². The molecule has 0 bridgehead atoms. The number of carbonyl (C=O) groups is 2. The summed E-state index contributed by atoms with van der Waals surface area (Å²) in [4.78, 5) is 30.4. The smallest absolute Gasteiger partial charge is 0.363 e. The van der Waals surface area contributed by atoms with Crippen molar-refractivity contribution < 1.29 is 28.5 Å². The van der Waals surface area contributed by atoms with Crippen LogP contribution in [0.2, 0.25) is 0 Å². The lowest BCUT2D eigenvalue weighted by Crippen LogP contribution is -2.23. The van der Waals surface area contributed by atoms with Gasteiger partial charge < -0.3 is 23.8 Å². The highest BCUT2D eigenvalue weighted by molar-refractivity contribution is 6.13. The van der Waals surface area contributed by atoms with Crippen LogP contribution in [0.1, 0.15) is 24.0 Å². The van der Waals surface area contributed by atoms with E-state index in [9.17, 15) is 9.59 Å². The molecule has 0 saturated carbocycles. The molecule has 0 spiro atoms. The summed E-state index contributed by atoms with van der Waals surface area (Å²) in [6.07, 6.45) is 3.01. The number of benzene rings is 2. The zero-order chi connectivity index (χ0) is 22.0. The summed E-state index contributed by atoms with van der Waals surface area (Å²) in [6, 6.07) is 10.7. The van der Waals surface area contributed by atoms with Crippen molar-refractivity contribution in [2.45, 2.75) is 12.8 Å². The molecule has 2 heterocycles. The molecule has 4 rings (SSSR count). The van der Waals surface area contributed by atoms with Gasteiger partial charge in [-0.15, -0.1) is 0 Å². The average Bonchev–Trinajstić information content (AvgIpc) is 3.38. The molecule has 31 heavy (non-hydrogen) atoms. The van der Waals surface area contributed by atoms with Crippen molar-refractivity contribution in [1.82, 2.24) is 0 Å². The van der Waals surface area contributed by atoms with E-state index in [1.165, 1.54) is 21.3 Å². The van der Waals surface area contributed by atoms with Gasteiger partial charge in [0, 0.05) is 29.8 Å². The van der Waals surface area contributed by atoms with Gasteiger partial charge in [0.15, 0.2) is 17.2 Å². The number of esters is 1. The first-order valence-corrected chi connectivity index (χ1v) is 9.78. The number of cyclic esters (lactones) is 1. The molecule has 0 radical (unpaired) electrons. The van der Waals surface area contributed by atoms with Gasteiger partial charge in [-0.25, -0.2) is 9.79 Å². The van der Waals surface area contributed by atoms with Crippen molar-refractivity contribution in [3.63, 3.8) is 0 Å². The summed E-state index contributed by atoms with van der Waals surface area (Å²) in [5, 5.41) is 0. The first-order chi connectivity index (χ1) is 15.0. The van der Waals surface area contributed by atoms with E-state index in [0.717, 1.165) is 12.1 Å². The molecule has 0 aliphatic carbocycles. The lowest BCUT2D eigenvalue weighted by Gasteiger charge is -2.15. The highest BCUT2D eigenvalue weighted by Crippen LogP contribution is 2.41. The Morgan fingerprint density at radius 1 is 0.968 bits per heavy atom. The van der Waals surface area contributed by atoms with Crippen molar-refractivity contribution in [2.24, 2.45) is 4.99 Å². The Balaban J connectivity index is 1.63. The number of rotatable bonds is 6. The minimum Gasteiger partial charge on any atom is -0.493 e. The van der Waals surface area contributed by atoms with Gasteiger partial charge in [-0.1, -0.05) is 0 Å². The van der Waals surface area contributed by atoms with Crippen LogP contribution in [0.15, 0.2) is 47.1 Å². The van der Waals surface area contributed by atoms with Crippen molar-refractivity contribution in [2.75, 3.05) is 32.8 Å². The van der Waals surface area contributed by atoms with E-state index in [-0.39, 0.29) is 17.5 Å². The predicted octanol–water partition coefficient (Wildman–Crippen LogP) is 3.18. The number of hydrogen-bond donors (Lipinski definition) is 0. The number of aliphatic imine (C=N–C) groups is 1. The van der Waals surface area contributed by atoms with Crippen molar-refractivity contribution in [3.05, 3.63) is 53.2 Å². The maximum Gasteiger partial charge on any atom is 0.363 e. The van der Waals surface area contributed by atoms with Gasteiger partial charge in [0.25, 0.3) is 0 Å². The summed E-state index contributed by atoms with van der Waals surface area (Å²) in [5.74, 6) is 1.11. The number of methoxy groups -OCH3 is 3. The molecule has 1 amide bonds. The molecular formula is C23H22N2O6. The van der Waals surface area contributed by atoms with Crippen LogP contribution in [-0.4, -0.2) is 45.6 Å². The third-order valence-corrected chi connectivity index (χ3v) is 5.15. The quantitative estimate of drug-likeness (QED) is 0.525. The molecule has 2 aliphatic heterocycles. The average molecular weight is 422 g/mol. The summed E-state index contributed by atoms with van der Waals surface area (Å²) in [5.41, 5.74) is 2.20. The SMILES string of the molecule is COc1ccc(/C=C2\N=C(c3ccc(N4CCCC4=O)cc3)OC2=O)c(OC)c1OC. The number of nitrogens with zero attached hydrogens (tertiary/aromatic N) is 2. The van der Waals surface area contributed by atoms with Gasteiger partial charge in [0.1, 0.15) is 0 Å². The maximum atomic E-state index is 12.4. The van der Waals surface area contributed by atoms with Crippen LogP contribution in [-0.2, 0) is 14.3 Å². The zero-order valence-electron chi connectivity index (χ0n) is 17.5. The first-order valence-electron chi connectivity index (χ1n) is 9.78. The first kappa shape index (κ1) is 20.5. The van der Waals surface area contributed by atoms with Crippen LogP contribution >= 0.6 is 0 Å². The fourth-order valence-electron chi connectivity index (χ4n) is 3.62. The zero-order valence-corrected chi connectivity index (χ0v) is 17.5. The van der Waals surface area contributed by atoms with Crippen LogP contribution in [0.4, 0.5) is 5.69 Å². The molecular weight excluding hydrogens is 400 g/mol. The second-order valence-corrected chi connectivity index (χ2v) is 6.96. The number of anilines is 1. The lowest BCUT2D eigenvalue weighted by molar-refractivity contribution is -0.130. The fourth-order valence-corrected chi connectivity index (χ4v) is 3.62. The van der Waals surface area contributed by atoms with Crippen LogP contribution in [0.5, 0.6) is 17.2 Å². The molecule has 0 atom stereocenters. The van der Waals surface area contributed by atoms with E-state index in [2.05, 4.69) is 4.99 Å². The molecule has 0 aromatic heterocycles. The Morgan fingerprint density at radius 3 is 2.32 bits per heavy atom. The minimum absolute atomic E-state index is 0.117. The van der Waals surface area contributed by atoms with Crippen LogP contribution in [0.25, 0.3) is 6.08 Å². The summed E-state index contributed by atoms with van der Waals surface area (Å²) >= 11 is 0. The van der Waals surface area contributed by atoms with E-state index < -0.39 is 5.97 Å². The Morgan fingerprint density at radius 2 is 1.71 bits per heavy atom. The molecule has 1 saturated heterocycles. The van der Waals surface area contributed by atoms with E-state index in [1.807, 2.05) is 12.1 Å². The second kappa shape index (κ2) is 8.51. The van der Waals surface area contributed by atoms with Gasteiger partial charge in [0.2, 0.25) is 17.6 Å². The predicted molar refractivity (Wildman–Crippen MR) is 115 cm³/mol. The summed E-state index contributed by atoms with van der Waals surface area (Å²) in [6.45, 7) is 0.716. The van der Waals surface area contributed by atoms with E-state index in [4.69, 9.17) is 18.9 Å². The normalized spacial score (nSPS) is 17.1. The van der Waals surface area contributed by atoms with Gasteiger partial charge in [-0.3, -0.25) is 4.79 Å². The van der Waals surface area contributed by atoms with Crippen LogP contribution in [0.3, 0.4) is 0 Å². The summed E-state index contributed by atoms with van der Waals surface area (Å²) < 4.78 is 21.5. The van der Waals surface area contributed by atoms with Crippen LogP contribution in [0, 0.1) is 0 Å². The molecule has 8 nitrogen and oxygen atoms in total. The molecule has 0 N–H and O–H groups in total. The lowest BCUT2D eigenvalue weighted by atomic mass is 10.1. The Kier molecular flexibility index (Phi) is 5.62. The Hall–Kier alpha value is -3.81. The number of hydrogen-bond acceptors (Lipinski definition) is 7. The Labute approximate surface area is 179 Å². The topological polar surface area (TPSA) is 86.7 Å². The Bertz CT molecular complexity index is 1090. The highest BCUT2D eigenvalue weighted by atomic mass is 16.6. The monoisotopic (exact) mass is 422 g/mol. The molecule has 160 valence electrons. The molecule has 2 aliphatic rings. The number of carbonyl (C=O) groups excluding carboxylic acids is 2. The molecule has 8 heteroatoms. The molecule has 0 unspecified atom stereocenters. The van der Waals surface area contributed by atoms with Crippen molar-refractivity contribution >= 4 is 29.5 Å². The van der Waals surface area contributed by atoms with Gasteiger partial charge in [-0.2, -0.15) is 0 Å². The standard InChI is InChI=1S/C23H22N2O6/c1-28-18-11-8-15(20(29-2)21(18)30-3)13-17-23(27)31-22(24-17)14-6-9-16(10-7-14)25-12-4-5-19(25)26/h6-11,13H,4-5,12H2,1-3H3/b17-13-. The highest BCUT2D eigenvalue weighted by Gasteiger charge is 2.26. The third-order valence-electron chi connectivity index (χ3n) is 5.15. The van der Waals surface area contributed by atoms with E-state index in [0.29, 0.717) is 41.3 Å². The number of amides is 1. The third kappa shape index (κ3) is 3.84. The van der Waals surface area contributed by atoms with Crippen molar-refractivity contribution in [3.8, 4) is 17.2 Å². The molecule has 1 fully saturated rings. The van der Waals surface area contributed by atoms with Crippen molar-refractivity contribution in [1.29, 1.82) is 0 Å². The minimum atomic E-state index is -0.564. The second-order valence-electron chi connectivity index (χ2n) is 6.96. The van der Waals surface area contributed by atoms with Crippen LogP contribution < -0.4 is 19.1 Å².